The molecule has 1 saturated carbocycles. The summed E-state index contributed by atoms with van der Waals surface area (Å²) in [5.74, 6) is -0.358. The number of Topliss-reactive ketones (excluding diaryl/α,β-unsaturated/α-hetero) is 1. The van der Waals surface area contributed by atoms with E-state index in [2.05, 4.69) is 15.6 Å². The lowest BCUT2D eigenvalue weighted by Crippen LogP contribution is -2.52. The van der Waals surface area contributed by atoms with Crippen molar-refractivity contribution in [3.63, 3.8) is 0 Å². The third-order valence-corrected chi connectivity index (χ3v) is 7.81. The van der Waals surface area contributed by atoms with Crippen LogP contribution in [0.2, 0.25) is 10.0 Å². The molecule has 1 atom stereocenters. The molecule has 10 heteroatoms. The number of phenols is 1. The minimum atomic E-state index is -0.563. The molecular weight excluding hydrogens is 559 g/mol. The summed E-state index contributed by atoms with van der Waals surface area (Å²) in [6, 6.07) is 8.69. The second kappa shape index (κ2) is 12.3. The van der Waals surface area contributed by atoms with Crippen LogP contribution in [0.25, 0.3) is 22.0 Å². The molecule has 0 spiro atoms. The maximum Gasteiger partial charge on any atom is 0.237 e. The van der Waals surface area contributed by atoms with E-state index >= 15 is 0 Å². The van der Waals surface area contributed by atoms with Crippen LogP contribution in [0.5, 0.6) is 5.75 Å². The number of aromatic hydroxyl groups is 1. The van der Waals surface area contributed by atoms with E-state index in [0.29, 0.717) is 5.56 Å². The van der Waals surface area contributed by atoms with E-state index in [1.54, 1.807) is 18.3 Å². The Kier molecular flexibility index (Phi) is 9.76. The highest BCUT2D eigenvalue weighted by molar-refractivity contribution is 6.37. The fourth-order valence-corrected chi connectivity index (χ4v) is 5.28. The summed E-state index contributed by atoms with van der Waals surface area (Å²) in [5.41, 5.74) is 9.39. The second-order valence-electron chi connectivity index (χ2n) is 11.2. The molecule has 1 fully saturated rings. The molecule has 0 aliphatic heterocycles. The van der Waals surface area contributed by atoms with E-state index in [9.17, 15) is 14.7 Å². The zero-order chi connectivity index (χ0) is 27.8. The molecule has 7 nitrogen and oxygen atoms in total. The number of phenolic OH excluding ortho intramolecular Hbond substituents is 1. The van der Waals surface area contributed by atoms with Crippen molar-refractivity contribution < 1.29 is 14.7 Å². The summed E-state index contributed by atoms with van der Waals surface area (Å²) >= 11 is 12.3. The Labute approximate surface area is 245 Å². The lowest BCUT2D eigenvalue weighted by Gasteiger charge is -2.33. The molecule has 0 radical (unpaired) electrons. The van der Waals surface area contributed by atoms with E-state index in [4.69, 9.17) is 28.9 Å². The lowest BCUT2D eigenvalue weighted by atomic mass is 9.85. The van der Waals surface area contributed by atoms with Crippen LogP contribution in [0, 0.1) is 5.41 Å². The maximum atomic E-state index is 12.6. The van der Waals surface area contributed by atoms with Crippen molar-refractivity contribution in [3.05, 3.63) is 52.1 Å². The van der Waals surface area contributed by atoms with Crippen LogP contribution >= 0.6 is 35.6 Å². The van der Waals surface area contributed by atoms with Gasteiger partial charge in [0.15, 0.2) is 11.5 Å². The van der Waals surface area contributed by atoms with Crippen LogP contribution in [-0.4, -0.2) is 39.9 Å². The van der Waals surface area contributed by atoms with Crippen molar-refractivity contribution in [3.8, 4) is 16.9 Å². The molecule has 1 aromatic heterocycles. The van der Waals surface area contributed by atoms with Crippen molar-refractivity contribution in [2.24, 2.45) is 11.1 Å². The first-order valence-electron chi connectivity index (χ1n) is 12.8. The van der Waals surface area contributed by atoms with Gasteiger partial charge in [0.2, 0.25) is 5.91 Å². The highest BCUT2D eigenvalue weighted by atomic mass is 35.5. The van der Waals surface area contributed by atoms with Gasteiger partial charge in [0.05, 0.1) is 32.9 Å². The summed E-state index contributed by atoms with van der Waals surface area (Å²) in [6.07, 6.45) is 4.91. The minimum absolute atomic E-state index is 0. The number of rotatable bonds is 6. The Balaban J connectivity index is 0.00000420. The van der Waals surface area contributed by atoms with Crippen LogP contribution in [0.15, 0.2) is 36.5 Å². The van der Waals surface area contributed by atoms with Gasteiger partial charge < -0.3 is 21.5 Å². The summed E-state index contributed by atoms with van der Waals surface area (Å²) in [4.78, 5) is 29.6. The second-order valence-corrected chi connectivity index (χ2v) is 12.0. The van der Waals surface area contributed by atoms with Crippen LogP contribution in [-0.2, 0) is 4.79 Å². The Morgan fingerprint density at radius 2 is 1.62 bits per heavy atom. The number of amides is 1. The zero-order valence-electron chi connectivity index (χ0n) is 22.5. The third-order valence-electron chi connectivity index (χ3n) is 7.23. The molecule has 1 unspecified atom stereocenters. The van der Waals surface area contributed by atoms with Gasteiger partial charge in [-0.25, -0.2) is 0 Å². The van der Waals surface area contributed by atoms with E-state index in [1.807, 2.05) is 39.0 Å². The Bertz CT molecular complexity index is 1360. The molecule has 1 aliphatic rings. The van der Waals surface area contributed by atoms with E-state index in [1.165, 1.54) is 6.92 Å². The number of carbonyl (C=O) groups is 2. The van der Waals surface area contributed by atoms with Crippen molar-refractivity contribution in [1.29, 1.82) is 0 Å². The number of pyridine rings is 1. The molecular formula is C29H35Cl3N4O3. The summed E-state index contributed by atoms with van der Waals surface area (Å²) in [7, 11) is 0. The van der Waals surface area contributed by atoms with Gasteiger partial charge in [-0.15, -0.1) is 12.4 Å². The van der Waals surface area contributed by atoms with Crippen molar-refractivity contribution >= 4 is 63.9 Å². The van der Waals surface area contributed by atoms with Crippen molar-refractivity contribution in [2.45, 2.75) is 71.5 Å². The molecule has 210 valence electrons. The van der Waals surface area contributed by atoms with Crippen LogP contribution < -0.4 is 16.4 Å². The molecule has 1 aliphatic carbocycles. The van der Waals surface area contributed by atoms with Gasteiger partial charge in [-0.05, 0) is 73.4 Å². The highest BCUT2D eigenvalue weighted by Crippen LogP contribution is 2.38. The van der Waals surface area contributed by atoms with Gasteiger partial charge in [0.25, 0.3) is 0 Å². The van der Waals surface area contributed by atoms with E-state index in [-0.39, 0.29) is 57.4 Å². The van der Waals surface area contributed by atoms with Gasteiger partial charge in [-0.3, -0.25) is 14.6 Å². The Morgan fingerprint density at radius 1 is 1.03 bits per heavy atom. The number of benzene rings is 2. The monoisotopic (exact) mass is 592 g/mol. The predicted molar refractivity (Wildman–Crippen MR) is 161 cm³/mol. The molecule has 0 saturated heterocycles. The predicted octanol–water partition coefficient (Wildman–Crippen LogP) is 6.75. The topological polar surface area (TPSA) is 117 Å². The van der Waals surface area contributed by atoms with Gasteiger partial charge in [0, 0.05) is 23.7 Å². The number of halogens is 3. The van der Waals surface area contributed by atoms with E-state index < -0.39 is 6.04 Å². The van der Waals surface area contributed by atoms with Gasteiger partial charge in [0.1, 0.15) is 0 Å². The number of aromatic nitrogens is 1. The van der Waals surface area contributed by atoms with Crippen LogP contribution in [0.1, 0.15) is 63.7 Å². The lowest BCUT2D eigenvalue weighted by molar-refractivity contribution is -0.125. The number of anilines is 1. The summed E-state index contributed by atoms with van der Waals surface area (Å²) in [5, 5.41) is 17.8. The van der Waals surface area contributed by atoms with Crippen molar-refractivity contribution in [2.75, 3.05) is 5.32 Å². The minimum Gasteiger partial charge on any atom is -0.505 e. The number of nitrogens with two attached hydrogens (primary N) is 1. The molecule has 5 N–H and O–H groups in total. The zero-order valence-corrected chi connectivity index (χ0v) is 24.8. The molecule has 4 rings (SSSR count). The average molecular weight is 594 g/mol. The number of hydrogen-bond donors (Lipinski definition) is 4. The first kappa shape index (κ1) is 31.0. The Hall–Kier alpha value is -2.58. The van der Waals surface area contributed by atoms with Crippen LogP contribution in [0.4, 0.5) is 5.69 Å². The highest BCUT2D eigenvalue weighted by Gasteiger charge is 2.30. The first-order chi connectivity index (χ1) is 17.8. The van der Waals surface area contributed by atoms with E-state index in [0.717, 1.165) is 53.4 Å². The maximum absolute atomic E-state index is 12.6. The summed E-state index contributed by atoms with van der Waals surface area (Å²) < 4.78 is 0. The number of nitrogens with one attached hydrogen (secondary N) is 2. The molecule has 2 aromatic carbocycles. The number of fused-ring (bicyclic) bond motifs is 1. The molecule has 1 heterocycles. The number of nitrogens with zero attached hydrogens (tertiary/aromatic N) is 1. The van der Waals surface area contributed by atoms with Gasteiger partial charge in [-0.1, -0.05) is 50.0 Å². The SMILES string of the molecule is CC(=O)c1cnc2ccc(-c3cc(Cl)c(O)c(Cl)c3)cc2c1NC1CCC(NC(=O)C(N)C(C)(C)C)CC1.Cl. The fraction of sp³-hybridized carbons (Fsp3) is 0.414. The molecule has 39 heavy (non-hydrogen) atoms. The van der Waals surface area contributed by atoms with Crippen LogP contribution in [0.3, 0.4) is 0 Å². The smallest absolute Gasteiger partial charge is 0.237 e. The quantitative estimate of drug-likeness (QED) is 0.235. The largest absolute Gasteiger partial charge is 0.505 e. The van der Waals surface area contributed by atoms with Gasteiger partial charge in [-0.2, -0.15) is 0 Å². The fourth-order valence-electron chi connectivity index (χ4n) is 4.80. The van der Waals surface area contributed by atoms with Gasteiger partial charge >= 0.3 is 0 Å². The normalized spacial score (nSPS) is 18.2. The first-order valence-corrected chi connectivity index (χ1v) is 13.5. The molecule has 3 aromatic rings. The molecule has 0 bridgehead atoms. The number of carbonyl (C=O) groups excluding carboxylic acids is 2. The molecule has 1 amide bonds. The number of ketones is 1. The Morgan fingerprint density at radius 3 is 2.18 bits per heavy atom. The van der Waals surface area contributed by atoms with Crippen molar-refractivity contribution in [1.82, 2.24) is 10.3 Å². The standard InChI is InChI=1S/C29H34Cl2N4O3.ClH/c1-15(36)21-14-33-24-10-5-16(17-12-22(30)26(37)23(31)13-17)11-20(24)25(21)34-18-6-8-19(9-7-18)35-28(38)27(32)29(2,3)4;/h5,10-14,18-19,27,37H,6-9,32H2,1-4H3,(H,33,34)(H,35,38);1H. The third kappa shape index (κ3) is 6.95. The number of hydrogen-bond acceptors (Lipinski definition) is 6. The average Bonchev–Trinajstić information content (AvgIpc) is 2.86. The summed E-state index contributed by atoms with van der Waals surface area (Å²) in [6.45, 7) is 7.40.